The van der Waals surface area contributed by atoms with E-state index in [1.54, 1.807) is 0 Å². The predicted octanol–water partition coefficient (Wildman–Crippen LogP) is 3.09. The van der Waals surface area contributed by atoms with Crippen LogP contribution in [0.2, 0.25) is 0 Å². The minimum atomic E-state index is 1.07. The van der Waals surface area contributed by atoms with Gasteiger partial charge in [-0.3, -0.25) is 0 Å². The molecule has 0 atom stereocenters. The first-order valence-corrected chi connectivity index (χ1v) is 5.27. The van der Waals surface area contributed by atoms with Gasteiger partial charge >= 0.3 is 0 Å². The molecular weight excluding hydrogens is 226 g/mol. The SMILES string of the molecule is Cc1ccc(C2=CCCN2)c(Br)c1. The molecule has 0 amide bonds. The molecule has 2 heteroatoms. The Morgan fingerprint density at radius 3 is 2.85 bits per heavy atom. The molecule has 68 valence electrons. The molecule has 0 aromatic heterocycles. The summed E-state index contributed by atoms with van der Waals surface area (Å²) in [6, 6.07) is 6.45. The highest BCUT2D eigenvalue weighted by atomic mass is 79.9. The number of halogens is 1. The van der Waals surface area contributed by atoms with Crippen LogP contribution in [0.15, 0.2) is 28.7 Å². The van der Waals surface area contributed by atoms with Gasteiger partial charge in [-0.05, 0) is 25.0 Å². The molecule has 0 unspecified atom stereocenters. The zero-order valence-corrected chi connectivity index (χ0v) is 9.19. The molecule has 2 rings (SSSR count). The van der Waals surface area contributed by atoms with Crippen LogP contribution in [0.5, 0.6) is 0 Å². The van der Waals surface area contributed by atoms with Gasteiger partial charge in [0.05, 0.1) is 0 Å². The van der Waals surface area contributed by atoms with Crippen LogP contribution in [0.3, 0.4) is 0 Å². The highest BCUT2D eigenvalue weighted by molar-refractivity contribution is 9.10. The molecule has 1 aromatic rings. The van der Waals surface area contributed by atoms with Crippen LogP contribution in [-0.4, -0.2) is 6.54 Å². The third-order valence-electron chi connectivity index (χ3n) is 2.22. The van der Waals surface area contributed by atoms with E-state index >= 15 is 0 Å². The normalized spacial score (nSPS) is 15.4. The summed E-state index contributed by atoms with van der Waals surface area (Å²) in [6.45, 7) is 3.17. The van der Waals surface area contributed by atoms with Gasteiger partial charge < -0.3 is 5.32 Å². The number of rotatable bonds is 1. The van der Waals surface area contributed by atoms with E-state index in [-0.39, 0.29) is 0 Å². The summed E-state index contributed by atoms with van der Waals surface area (Å²) >= 11 is 3.58. The van der Waals surface area contributed by atoms with Crippen molar-refractivity contribution in [2.45, 2.75) is 13.3 Å². The molecule has 0 saturated heterocycles. The molecule has 0 bridgehead atoms. The first-order valence-electron chi connectivity index (χ1n) is 4.48. The van der Waals surface area contributed by atoms with Crippen molar-refractivity contribution in [1.29, 1.82) is 0 Å². The zero-order chi connectivity index (χ0) is 9.26. The number of benzene rings is 1. The van der Waals surface area contributed by atoms with Crippen molar-refractivity contribution in [2.24, 2.45) is 0 Å². The number of aryl methyl sites for hydroxylation is 1. The first kappa shape index (κ1) is 8.82. The Morgan fingerprint density at radius 1 is 1.38 bits per heavy atom. The molecule has 1 aliphatic heterocycles. The van der Waals surface area contributed by atoms with Crippen molar-refractivity contribution in [3.63, 3.8) is 0 Å². The van der Waals surface area contributed by atoms with Gasteiger partial charge in [0.2, 0.25) is 0 Å². The van der Waals surface area contributed by atoms with E-state index in [0.29, 0.717) is 0 Å². The summed E-state index contributed by atoms with van der Waals surface area (Å²) < 4.78 is 1.17. The molecule has 0 radical (unpaired) electrons. The van der Waals surface area contributed by atoms with Gasteiger partial charge in [-0.25, -0.2) is 0 Å². The quantitative estimate of drug-likeness (QED) is 0.792. The average molecular weight is 238 g/mol. The standard InChI is InChI=1S/C11H12BrN/c1-8-4-5-9(10(12)7-8)11-3-2-6-13-11/h3-5,7,13H,2,6H2,1H3. The lowest BCUT2D eigenvalue weighted by atomic mass is 10.1. The third-order valence-corrected chi connectivity index (χ3v) is 2.88. The molecule has 0 saturated carbocycles. The zero-order valence-electron chi connectivity index (χ0n) is 7.60. The minimum absolute atomic E-state index is 1.07. The van der Waals surface area contributed by atoms with E-state index in [1.807, 2.05) is 0 Å². The molecule has 0 spiro atoms. The Balaban J connectivity index is 2.40. The van der Waals surface area contributed by atoms with E-state index < -0.39 is 0 Å². The second-order valence-electron chi connectivity index (χ2n) is 3.32. The van der Waals surface area contributed by atoms with Gasteiger partial charge in [-0.2, -0.15) is 0 Å². The Kier molecular flexibility index (Phi) is 2.40. The van der Waals surface area contributed by atoms with Gasteiger partial charge in [-0.15, -0.1) is 0 Å². The third kappa shape index (κ3) is 1.78. The minimum Gasteiger partial charge on any atom is -0.384 e. The maximum Gasteiger partial charge on any atom is 0.0385 e. The van der Waals surface area contributed by atoms with Crippen LogP contribution in [0.4, 0.5) is 0 Å². The van der Waals surface area contributed by atoms with Gasteiger partial charge in [-0.1, -0.05) is 34.1 Å². The Hall–Kier alpha value is -0.760. The fourth-order valence-electron chi connectivity index (χ4n) is 1.54. The Labute approximate surface area is 87.0 Å². The second-order valence-corrected chi connectivity index (χ2v) is 4.17. The summed E-state index contributed by atoms with van der Waals surface area (Å²) in [5, 5.41) is 3.36. The lowest BCUT2D eigenvalue weighted by molar-refractivity contribution is 0.927. The van der Waals surface area contributed by atoms with Crippen LogP contribution in [0.1, 0.15) is 17.5 Å². The fourth-order valence-corrected chi connectivity index (χ4v) is 2.25. The molecule has 1 N–H and O–H groups in total. The number of nitrogens with one attached hydrogen (secondary N) is 1. The lowest BCUT2D eigenvalue weighted by Crippen LogP contribution is -2.06. The van der Waals surface area contributed by atoms with Gasteiger partial charge in [0.15, 0.2) is 0 Å². The van der Waals surface area contributed by atoms with E-state index in [0.717, 1.165) is 13.0 Å². The van der Waals surface area contributed by atoms with Crippen LogP contribution >= 0.6 is 15.9 Å². The van der Waals surface area contributed by atoms with Crippen molar-refractivity contribution < 1.29 is 0 Å². The van der Waals surface area contributed by atoms with E-state index in [2.05, 4.69) is 52.4 Å². The summed E-state index contributed by atoms with van der Waals surface area (Å²) in [6.07, 6.45) is 3.38. The van der Waals surface area contributed by atoms with Crippen LogP contribution < -0.4 is 5.32 Å². The van der Waals surface area contributed by atoms with Crippen LogP contribution in [-0.2, 0) is 0 Å². The first-order chi connectivity index (χ1) is 6.27. The molecular formula is C11H12BrN. The second kappa shape index (κ2) is 3.54. The summed E-state index contributed by atoms with van der Waals surface area (Å²) in [5.74, 6) is 0. The maximum absolute atomic E-state index is 3.58. The highest BCUT2D eigenvalue weighted by Gasteiger charge is 2.08. The predicted molar refractivity (Wildman–Crippen MR) is 59.5 cm³/mol. The Bertz CT molecular complexity index is 355. The molecule has 1 aliphatic rings. The summed E-state index contributed by atoms with van der Waals surface area (Å²) in [4.78, 5) is 0. The van der Waals surface area contributed by atoms with Crippen molar-refractivity contribution >= 4 is 21.6 Å². The molecule has 1 aromatic carbocycles. The van der Waals surface area contributed by atoms with Crippen molar-refractivity contribution in [1.82, 2.24) is 5.32 Å². The molecule has 0 aliphatic carbocycles. The summed E-state index contributed by atoms with van der Waals surface area (Å²) in [7, 11) is 0. The van der Waals surface area contributed by atoms with E-state index in [4.69, 9.17) is 0 Å². The topological polar surface area (TPSA) is 12.0 Å². The van der Waals surface area contributed by atoms with Crippen molar-refractivity contribution in [3.8, 4) is 0 Å². The Morgan fingerprint density at radius 2 is 2.23 bits per heavy atom. The maximum atomic E-state index is 3.58. The van der Waals surface area contributed by atoms with Gasteiger partial charge in [0.1, 0.15) is 0 Å². The van der Waals surface area contributed by atoms with E-state index in [9.17, 15) is 0 Å². The smallest absolute Gasteiger partial charge is 0.0385 e. The van der Waals surface area contributed by atoms with Crippen molar-refractivity contribution in [3.05, 3.63) is 39.9 Å². The molecule has 0 fully saturated rings. The molecule has 13 heavy (non-hydrogen) atoms. The van der Waals surface area contributed by atoms with E-state index in [1.165, 1.54) is 21.3 Å². The fraction of sp³-hybridized carbons (Fsp3) is 0.273. The summed E-state index contributed by atoms with van der Waals surface area (Å²) in [5.41, 5.74) is 3.81. The molecule has 1 heterocycles. The molecule has 1 nitrogen and oxygen atoms in total. The highest BCUT2D eigenvalue weighted by Crippen LogP contribution is 2.25. The largest absolute Gasteiger partial charge is 0.384 e. The number of hydrogen-bond donors (Lipinski definition) is 1. The van der Waals surface area contributed by atoms with Crippen LogP contribution in [0, 0.1) is 6.92 Å². The van der Waals surface area contributed by atoms with Crippen molar-refractivity contribution in [2.75, 3.05) is 6.54 Å². The van der Waals surface area contributed by atoms with Gasteiger partial charge in [0, 0.05) is 22.3 Å². The lowest BCUT2D eigenvalue weighted by Gasteiger charge is -2.07. The average Bonchev–Trinajstić information content (AvgIpc) is 2.56. The van der Waals surface area contributed by atoms with Gasteiger partial charge in [0.25, 0.3) is 0 Å². The number of hydrogen-bond acceptors (Lipinski definition) is 1. The van der Waals surface area contributed by atoms with Crippen LogP contribution in [0.25, 0.3) is 5.70 Å². The monoisotopic (exact) mass is 237 g/mol.